The number of aryl methyl sites for hydroxylation is 1. The van der Waals surface area contributed by atoms with Gasteiger partial charge in [0.05, 0.1) is 0 Å². The molecular weight excluding hydrogens is 325 g/mol. The van der Waals surface area contributed by atoms with Crippen molar-refractivity contribution in [3.63, 3.8) is 0 Å². The first kappa shape index (κ1) is 18.6. The molecule has 0 aliphatic heterocycles. The molecule has 0 aromatic carbocycles. The number of aliphatic hydroxyl groups is 1. The van der Waals surface area contributed by atoms with Gasteiger partial charge in [-0.1, -0.05) is 13.3 Å². The Kier molecular flexibility index (Phi) is 5.42. The van der Waals surface area contributed by atoms with Gasteiger partial charge in [-0.25, -0.2) is 9.78 Å². The second kappa shape index (κ2) is 7.00. The summed E-state index contributed by atoms with van der Waals surface area (Å²) in [6, 6.07) is -0.413. The average molecular weight is 348 g/mol. The van der Waals surface area contributed by atoms with Crippen LogP contribution in [-0.2, 0) is 12.6 Å². The minimum atomic E-state index is -4.90. The van der Waals surface area contributed by atoms with E-state index in [1.165, 1.54) is 19.4 Å². The predicted octanol–water partition coefficient (Wildman–Crippen LogP) is 2.05. The fourth-order valence-corrected chi connectivity index (χ4v) is 2.83. The standard InChI is InChI=1S/C15H23F3N4O2/c1-3-4-10-9-11(10)21-13(23)20-6-5-14(24,15(16,17)18)12-19-7-8-22(12)2/h7-8,10-11,24H,3-6,9H2,1-2H3,(H2,20,21,23). The quantitative estimate of drug-likeness (QED) is 0.706. The third-order valence-corrected chi connectivity index (χ3v) is 4.33. The van der Waals surface area contributed by atoms with Crippen LogP contribution in [-0.4, -0.2) is 39.5 Å². The molecule has 1 saturated carbocycles. The van der Waals surface area contributed by atoms with Crippen molar-refractivity contribution in [2.75, 3.05) is 6.54 Å². The smallest absolute Gasteiger partial charge is 0.374 e. The molecule has 2 amide bonds. The molecule has 1 aromatic rings. The first-order valence-electron chi connectivity index (χ1n) is 8.00. The van der Waals surface area contributed by atoms with Gasteiger partial charge in [0.1, 0.15) is 5.82 Å². The van der Waals surface area contributed by atoms with Crippen LogP contribution in [0.5, 0.6) is 0 Å². The van der Waals surface area contributed by atoms with E-state index in [1.54, 1.807) is 0 Å². The molecule has 1 aliphatic carbocycles. The molecule has 24 heavy (non-hydrogen) atoms. The summed E-state index contributed by atoms with van der Waals surface area (Å²) in [6.07, 6.45) is -0.128. The lowest BCUT2D eigenvalue weighted by atomic mass is 9.97. The van der Waals surface area contributed by atoms with Gasteiger partial charge in [-0.05, 0) is 18.8 Å². The molecule has 3 unspecified atom stereocenters. The number of hydrogen-bond donors (Lipinski definition) is 3. The zero-order valence-electron chi connectivity index (χ0n) is 13.7. The predicted molar refractivity (Wildman–Crippen MR) is 81.1 cm³/mol. The number of halogens is 3. The monoisotopic (exact) mass is 348 g/mol. The zero-order chi connectivity index (χ0) is 18.0. The summed E-state index contributed by atoms with van der Waals surface area (Å²) in [4.78, 5) is 15.3. The second-order valence-electron chi connectivity index (χ2n) is 6.26. The van der Waals surface area contributed by atoms with Gasteiger partial charge < -0.3 is 20.3 Å². The Balaban J connectivity index is 1.88. The Bertz CT molecular complexity index is 575. The van der Waals surface area contributed by atoms with Crippen molar-refractivity contribution in [3.05, 3.63) is 18.2 Å². The van der Waals surface area contributed by atoms with E-state index in [-0.39, 0.29) is 12.6 Å². The van der Waals surface area contributed by atoms with E-state index in [0.717, 1.165) is 23.8 Å². The molecule has 0 radical (unpaired) electrons. The number of hydrogen-bond acceptors (Lipinski definition) is 3. The van der Waals surface area contributed by atoms with E-state index in [1.807, 2.05) is 0 Å². The first-order valence-corrected chi connectivity index (χ1v) is 8.00. The van der Waals surface area contributed by atoms with Crippen molar-refractivity contribution in [3.8, 4) is 0 Å². The summed E-state index contributed by atoms with van der Waals surface area (Å²) in [5.74, 6) is -0.0390. The molecule has 1 aliphatic rings. The van der Waals surface area contributed by atoms with Gasteiger partial charge in [-0.3, -0.25) is 0 Å². The van der Waals surface area contributed by atoms with E-state index in [4.69, 9.17) is 0 Å². The molecule has 3 N–H and O–H groups in total. The van der Waals surface area contributed by atoms with Crippen LogP contribution in [0.25, 0.3) is 0 Å². The van der Waals surface area contributed by atoms with Gasteiger partial charge in [0.2, 0.25) is 5.60 Å². The number of carbonyl (C=O) groups excluding carboxylic acids is 1. The number of amides is 2. The van der Waals surface area contributed by atoms with Gasteiger partial charge in [0.15, 0.2) is 0 Å². The fourth-order valence-electron chi connectivity index (χ4n) is 2.83. The molecular formula is C15H23F3N4O2. The van der Waals surface area contributed by atoms with Crippen LogP contribution in [0.4, 0.5) is 18.0 Å². The molecule has 0 spiro atoms. The lowest BCUT2D eigenvalue weighted by molar-refractivity contribution is -0.272. The minimum Gasteiger partial charge on any atom is -0.374 e. The van der Waals surface area contributed by atoms with Crippen molar-refractivity contribution < 1.29 is 23.1 Å². The van der Waals surface area contributed by atoms with E-state index in [2.05, 4.69) is 22.5 Å². The van der Waals surface area contributed by atoms with Crippen molar-refractivity contribution in [2.24, 2.45) is 13.0 Å². The fraction of sp³-hybridized carbons (Fsp3) is 0.733. The van der Waals surface area contributed by atoms with Crippen molar-refractivity contribution in [2.45, 2.75) is 50.4 Å². The van der Waals surface area contributed by atoms with Crippen LogP contribution in [0, 0.1) is 5.92 Å². The Morgan fingerprint density at radius 1 is 1.50 bits per heavy atom. The molecule has 0 saturated heterocycles. The Morgan fingerprint density at radius 3 is 2.75 bits per heavy atom. The largest absolute Gasteiger partial charge is 0.424 e. The molecule has 1 aromatic heterocycles. The van der Waals surface area contributed by atoms with E-state index in [9.17, 15) is 23.1 Å². The second-order valence-corrected chi connectivity index (χ2v) is 6.26. The summed E-state index contributed by atoms with van der Waals surface area (Å²) in [5.41, 5.74) is -3.11. The molecule has 136 valence electrons. The number of urea groups is 1. The maximum atomic E-state index is 13.3. The summed E-state index contributed by atoms with van der Waals surface area (Å²) in [5, 5.41) is 15.2. The van der Waals surface area contributed by atoms with Gasteiger partial charge >= 0.3 is 12.2 Å². The Labute approximate surface area is 138 Å². The normalized spacial score (nSPS) is 22.8. The molecule has 3 atom stereocenters. The van der Waals surface area contributed by atoms with Crippen LogP contribution < -0.4 is 10.6 Å². The third kappa shape index (κ3) is 4.00. The number of rotatable bonds is 7. The Morgan fingerprint density at radius 2 is 2.21 bits per heavy atom. The van der Waals surface area contributed by atoms with Crippen LogP contribution >= 0.6 is 0 Å². The van der Waals surface area contributed by atoms with Crippen LogP contribution in [0.3, 0.4) is 0 Å². The lowest BCUT2D eigenvalue weighted by Crippen LogP contribution is -2.47. The van der Waals surface area contributed by atoms with Gasteiger partial charge in [0.25, 0.3) is 0 Å². The zero-order valence-corrected chi connectivity index (χ0v) is 13.7. The number of alkyl halides is 3. The highest BCUT2D eigenvalue weighted by Gasteiger charge is 2.57. The third-order valence-electron chi connectivity index (χ3n) is 4.33. The summed E-state index contributed by atoms with van der Waals surface area (Å²) in [6.45, 7) is 1.74. The van der Waals surface area contributed by atoms with E-state index in [0.29, 0.717) is 5.92 Å². The highest BCUT2D eigenvalue weighted by atomic mass is 19.4. The van der Waals surface area contributed by atoms with Gasteiger partial charge in [-0.15, -0.1) is 0 Å². The van der Waals surface area contributed by atoms with Crippen LogP contribution in [0.2, 0.25) is 0 Å². The van der Waals surface area contributed by atoms with Crippen LogP contribution in [0.1, 0.15) is 38.4 Å². The Hall–Kier alpha value is -1.77. The average Bonchev–Trinajstić information content (AvgIpc) is 3.04. The van der Waals surface area contributed by atoms with Crippen LogP contribution in [0.15, 0.2) is 12.4 Å². The molecule has 2 rings (SSSR count). The number of aromatic nitrogens is 2. The van der Waals surface area contributed by atoms with Gasteiger partial charge in [0, 0.05) is 38.4 Å². The summed E-state index contributed by atoms with van der Waals surface area (Å²) < 4.78 is 41.0. The highest BCUT2D eigenvalue weighted by Crippen LogP contribution is 2.40. The summed E-state index contributed by atoms with van der Waals surface area (Å²) >= 11 is 0. The van der Waals surface area contributed by atoms with Crippen molar-refractivity contribution in [1.82, 2.24) is 20.2 Å². The molecule has 9 heteroatoms. The number of carbonyl (C=O) groups is 1. The molecule has 0 bridgehead atoms. The van der Waals surface area contributed by atoms with Crippen molar-refractivity contribution in [1.29, 1.82) is 0 Å². The highest BCUT2D eigenvalue weighted by molar-refractivity contribution is 5.74. The molecule has 1 heterocycles. The number of nitrogens with zero attached hydrogens (tertiary/aromatic N) is 2. The maximum Gasteiger partial charge on any atom is 0.424 e. The molecule has 6 nitrogen and oxygen atoms in total. The lowest BCUT2D eigenvalue weighted by Gasteiger charge is -2.30. The number of nitrogens with one attached hydrogen (secondary N) is 2. The SMILES string of the molecule is CCCC1CC1NC(=O)NCCC(O)(c1nccn1C)C(F)(F)F. The number of imidazole rings is 1. The van der Waals surface area contributed by atoms with E-state index >= 15 is 0 Å². The summed E-state index contributed by atoms with van der Waals surface area (Å²) in [7, 11) is 1.38. The topological polar surface area (TPSA) is 79.2 Å². The van der Waals surface area contributed by atoms with E-state index < -0.39 is 30.1 Å². The van der Waals surface area contributed by atoms with Crippen molar-refractivity contribution >= 4 is 6.03 Å². The maximum absolute atomic E-state index is 13.3. The minimum absolute atomic E-state index is 0.0981. The molecule has 1 fully saturated rings. The first-order chi connectivity index (χ1) is 11.2. The van der Waals surface area contributed by atoms with Gasteiger partial charge in [-0.2, -0.15) is 13.2 Å².